The topological polar surface area (TPSA) is 63.3 Å². The molecule has 17 heavy (non-hydrogen) atoms. The van der Waals surface area contributed by atoms with Crippen molar-refractivity contribution in [2.45, 2.75) is 4.90 Å². The minimum atomic E-state index is -1.12. The summed E-state index contributed by atoms with van der Waals surface area (Å²) in [4.78, 5) is 11.8. The van der Waals surface area contributed by atoms with Crippen molar-refractivity contribution >= 4 is 33.7 Å². The van der Waals surface area contributed by atoms with Crippen LogP contribution in [-0.4, -0.2) is 22.5 Å². The lowest BCUT2D eigenvalue weighted by atomic mass is 10.1. The number of thioether (sulfide) groups is 1. The largest absolute Gasteiger partial charge is 0.475 e. The van der Waals surface area contributed by atoms with Crippen molar-refractivity contribution < 1.29 is 14.4 Å². The summed E-state index contributed by atoms with van der Waals surface area (Å²) in [7, 11) is 0. The first kappa shape index (κ1) is 12.2. The van der Waals surface area contributed by atoms with Gasteiger partial charge in [-0.3, -0.25) is 0 Å². The number of carbonyl (C=O) groups is 1. The van der Waals surface area contributed by atoms with E-state index in [1.807, 2.05) is 24.5 Å². The second kappa shape index (κ2) is 4.93. The van der Waals surface area contributed by atoms with Gasteiger partial charge in [-0.05, 0) is 24.5 Å². The fraction of sp³-hybridized carbons (Fsp3) is 0.0909. The number of carboxylic acid groups (broad SMARTS) is 1. The third-order valence-electron chi connectivity index (χ3n) is 2.12. The number of carboxylic acids is 1. The van der Waals surface area contributed by atoms with Crippen molar-refractivity contribution in [3.05, 3.63) is 34.5 Å². The third kappa shape index (κ3) is 2.70. The monoisotopic (exact) mass is 313 g/mol. The highest BCUT2D eigenvalue weighted by atomic mass is 79.9. The Labute approximate surface area is 110 Å². The Morgan fingerprint density at radius 2 is 2.18 bits per heavy atom. The number of aromatic nitrogens is 1. The van der Waals surface area contributed by atoms with Gasteiger partial charge in [0.15, 0.2) is 0 Å². The fourth-order valence-corrected chi connectivity index (χ4v) is 2.47. The Bertz CT molecular complexity index is 568. The van der Waals surface area contributed by atoms with Gasteiger partial charge in [0.2, 0.25) is 5.76 Å². The van der Waals surface area contributed by atoms with Crippen molar-refractivity contribution in [1.29, 1.82) is 0 Å². The van der Waals surface area contributed by atoms with E-state index in [0.29, 0.717) is 5.69 Å². The van der Waals surface area contributed by atoms with Gasteiger partial charge in [-0.25, -0.2) is 4.79 Å². The summed E-state index contributed by atoms with van der Waals surface area (Å²) in [5.41, 5.74) is 1.33. The molecular formula is C11H8BrNO3S. The lowest BCUT2D eigenvalue weighted by Crippen LogP contribution is -1.91. The Hall–Kier alpha value is -1.27. The van der Waals surface area contributed by atoms with E-state index in [1.54, 1.807) is 11.8 Å². The number of aromatic carboxylic acids is 1. The van der Waals surface area contributed by atoms with Gasteiger partial charge in [-0.15, -0.1) is 11.8 Å². The predicted molar refractivity (Wildman–Crippen MR) is 68.4 cm³/mol. The molecule has 0 aliphatic carbocycles. The standard InChI is InChI=1S/C11H8BrNO3S/c1-17-8-3-6(2-7(12)4-8)9-5-10(11(14)15)16-13-9/h2-5H,1H3,(H,14,15). The highest BCUT2D eigenvalue weighted by molar-refractivity contribution is 9.10. The molecule has 0 fully saturated rings. The van der Waals surface area contributed by atoms with Crippen LogP contribution in [0.5, 0.6) is 0 Å². The molecule has 0 spiro atoms. The molecule has 1 aromatic heterocycles. The number of halogens is 1. The number of hydrogen-bond donors (Lipinski definition) is 1. The molecule has 0 amide bonds. The van der Waals surface area contributed by atoms with Crippen LogP contribution in [0.1, 0.15) is 10.6 Å². The molecule has 2 aromatic rings. The summed E-state index contributed by atoms with van der Waals surface area (Å²) >= 11 is 5.00. The van der Waals surface area contributed by atoms with Crippen LogP contribution in [0.25, 0.3) is 11.3 Å². The second-order valence-electron chi connectivity index (χ2n) is 3.26. The number of nitrogens with zero attached hydrogens (tertiary/aromatic N) is 1. The van der Waals surface area contributed by atoms with E-state index >= 15 is 0 Å². The van der Waals surface area contributed by atoms with Crippen molar-refractivity contribution in [3.8, 4) is 11.3 Å². The molecule has 0 unspecified atom stereocenters. The van der Waals surface area contributed by atoms with Gasteiger partial charge in [-0.2, -0.15) is 0 Å². The first-order valence-electron chi connectivity index (χ1n) is 4.65. The first-order valence-corrected chi connectivity index (χ1v) is 6.67. The maximum Gasteiger partial charge on any atom is 0.374 e. The summed E-state index contributed by atoms with van der Waals surface area (Å²) in [5.74, 6) is -1.28. The SMILES string of the molecule is CSc1cc(Br)cc(-c2cc(C(=O)O)on2)c1. The number of benzene rings is 1. The second-order valence-corrected chi connectivity index (χ2v) is 5.06. The zero-order valence-electron chi connectivity index (χ0n) is 8.81. The normalized spacial score (nSPS) is 10.5. The quantitative estimate of drug-likeness (QED) is 0.878. The van der Waals surface area contributed by atoms with Crippen LogP contribution in [0, 0.1) is 0 Å². The van der Waals surface area contributed by atoms with Crippen LogP contribution in [0.3, 0.4) is 0 Å². The Morgan fingerprint density at radius 1 is 1.41 bits per heavy atom. The summed E-state index contributed by atoms with van der Waals surface area (Å²) < 4.78 is 5.64. The molecule has 2 rings (SSSR count). The maximum absolute atomic E-state index is 10.7. The summed E-state index contributed by atoms with van der Waals surface area (Å²) in [6, 6.07) is 7.18. The molecule has 0 saturated heterocycles. The zero-order valence-corrected chi connectivity index (χ0v) is 11.2. The van der Waals surface area contributed by atoms with Crippen LogP contribution in [0.2, 0.25) is 0 Å². The van der Waals surface area contributed by atoms with Crippen LogP contribution in [0.4, 0.5) is 0 Å². The van der Waals surface area contributed by atoms with E-state index < -0.39 is 5.97 Å². The van der Waals surface area contributed by atoms with Crippen molar-refractivity contribution in [2.75, 3.05) is 6.26 Å². The zero-order chi connectivity index (χ0) is 12.4. The Morgan fingerprint density at radius 3 is 2.76 bits per heavy atom. The minimum Gasteiger partial charge on any atom is -0.475 e. The fourth-order valence-electron chi connectivity index (χ4n) is 1.34. The molecule has 0 aliphatic heterocycles. The van der Waals surface area contributed by atoms with E-state index in [9.17, 15) is 4.79 Å². The maximum atomic E-state index is 10.7. The van der Waals surface area contributed by atoms with Crippen molar-refractivity contribution in [1.82, 2.24) is 5.16 Å². The number of hydrogen-bond acceptors (Lipinski definition) is 4. The highest BCUT2D eigenvalue weighted by Crippen LogP contribution is 2.28. The van der Waals surface area contributed by atoms with Crippen molar-refractivity contribution in [3.63, 3.8) is 0 Å². The van der Waals surface area contributed by atoms with Gasteiger partial charge in [0, 0.05) is 21.0 Å². The lowest BCUT2D eigenvalue weighted by molar-refractivity contribution is 0.0652. The molecule has 4 nitrogen and oxygen atoms in total. The van der Waals surface area contributed by atoms with Crippen LogP contribution in [-0.2, 0) is 0 Å². The van der Waals surface area contributed by atoms with E-state index in [0.717, 1.165) is 14.9 Å². The minimum absolute atomic E-state index is 0.161. The molecular weight excluding hydrogens is 306 g/mol. The molecule has 0 saturated carbocycles. The molecule has 0 radical (unpaired) electrons. The predicted octanol–water partition coefficient (Wildman–Crippen LogP) is 3.52. The molecule has 1 N–H and O–H groups in total. The molecule has 0 aliphatic rings. The summed E-state index contributed by atoms with van der Waals surface area (Å²) in [6.45, 7) is 0. The van der Waals surface area contributed by atoms with Gasteiger partial charge >= 0.3 is 5.97 Å². The van der Waals surface area contributed by atoms with Crippen molar-refractivity contribution in [2.24, 2.45) is 0 Å². The molecule has 88 valence electrons. The van der Waals surface area contributed by atoms with E-state index in [2.05, 4.69) is 21.1 Å². The van der Waals surface area contributed by atoms with Crippen LogP contribution in [0.15, 0.2) is 38.2 Å². The Balaban J connectivity index is 2.44. The van der Waals surface area contributed by atoms with Gasteiger partial charge < -0.3 is 9.63 Å². The first-order chi connectivity index (χ1) is 8.10. The Kier molecular flexibility index (Phi) is 3.54. The van der Waals surface area contributed by atoms with Gasteiger partial charge in [0.1, 0.15) is 5.69 Å². The average Bonchev–Trinajstić information content (AvgIpc) is 2.77. The van der Waals surface area contributed by atoms with Gasteiger partial charge in [0.25, 0.3) is 0 Å². The highest BCUT2D eigenvalue weighted by Gasteiger charge is 2.13. The smallest absolute Gasteiger partial charge is 0.374 e. The van der Waals surface area contributed by atoms with Crippen LogP contribution < -0.4 is 0 Å². The van der Waals surface area contributed by atoms with Gasteiger partial charge in [-0.1, -0.05) is 21.1 Å². The summed E-state index contributed by atoms with van der Waals surface area (Å²) in [5, 5.41) is 12.5. The molecule has 6 heteroatoms. The average molecular weight is 314 g/mol. The van der Waals surface area contributed by atoms with Gasteiger partial charge in [0.05, 0.1) is 0 Å². The third-order valence-corrected chi connectivity index (χ3v) is 3.29. The molecule has 1 aromatic carbocycles. The number of rotatable bonds is 3. The van der Waals surface area contributed by atoms with Crippen LogP contribution >= 0.6 is 27.7 Å². The molecule has 1 heterocycles. The van der Waals surface area contributed by atoms with E-state index in [1.165, 1.54) is 6.07 Å². The molecule has 0 atom stereocenters. The summed E-state index contributed by atoms with van der Waals surface area (Å²) in [6.07, 6.45) is 1.97. The molecule has 0 bridgehead atoms. The van der Waals surface area contributed by atoms with E-state index in [4.69, 9.17) is 9.63 Å². The lowest BCUT2D eigenvalue weighted by Gasteiger charge is -2.01. The van der Waals surface area contributed by atoms with E-state index in [-0.39, 0.29) is 5.76 Å².